The third-order valence-corrected chi connectivity index (χ3v) is 7.29. The maximum Gasteiger partial charge on any atom is 0.416 e. The lowest BCUT2D eigenvalue weighted by molar-refractivity contribution is -0.137. The molecular formula is C29H36ClF3N4O3. The minimum absolute atomic E-state index is 0.245. The molecule has 0 radical (unpaired) electrons. The molecule has 1 atom stereocenters. The average molecular weight is 581 g/mol. The van der Waals surface area contributed by atoms with Gasteiger partial charge in [0.15, 0.2) is 0 Å². The van der Waals surface area contributed by atoms with Gasteiger partial charge in [-0.05, 0) is 43.0 Å². The van der Waals surface area contributed by atoms with Gasteiger partial charge >= 0.3 is 11.9 Å². The Balaban J connectivity index is 0.000000371. The van der Waals surface area contributed by atoms with Crippen LogP contribution < -0.4 is 16.6 Å². The monoisotopic (exact) mass is 580 g/mol. The summed E-state index contributed by atoms with van der Waals surface area (Å²) in [5.74, 6) is 0.458. The van der Waals surface area contributed by atoms with E-state index in [1.54, 1.807) is 10.6 Å². The van der Waals surface area contributed by atoms with Gasteiger partial charge in [-0.2, -0.15) is 13.2 Å². The smallest absolute Gasteiger partial charge is 0.375 e. The molecule has 1 unspecified atom stereocenters. The van der Waals surface area contributed by atoms with E-state index in [0.29, 0.717) is 31.7 Å². The molecule has 7 nitrogen and oxygen atoms in total. The fraction of sp³-hybridized carbons (Fsp3) is 0.448. The zero-order valence-corrected chi connectivity index (χ0v) is 23.6. The number of rotatable bonds is 7. The number of anilines is 2. The van der Waals surface area contributed by atoms with E-state index in [4.69, 9.17) is 11.6 Å². The highest BCUT2D eigenvalue weighted by Crippen LogP contribution is 2.32. The van der Waals surface area contributed by atoms with Crippen molar-refractivity contribution in [3.63, 3.8) is 0 Å². The van der Waals surface area contributed by atoms with E-state index in [1.165, 1.54) is 29.3 Å². The van der Waals surface area contributed by atoms with E-state index in [-0.39, 0.29) is 6.17 Å². The Kier molecular flexibility index (Phi) is 10.6. The second kappa shape index (κ2) is 13.5. The normalized spacial score (nSPS) is 16.1. The molecule has 218 valence electrons. The molecule has 0 bridgehead atoms. The molecule has 0 amide bonds. The number of H-pyrrole nitrogens is 1. The second-order valence-corrected chi connectivity index (χ2v) is 10.6. The number of hydrogen-bond acceptors (Lipinski definition) is 5. The maximum atomic E-state index is 12.9. The van der Waals surface area contributed by atoms with Crippen LogP contribution in [0.15, 0.2) is 64.2 Å². The fourth-order valence-corrected chi connectivity index (χ4v) is 4.87. The van der Waals surface area contributed by atoms with Gasteiger partial charge in [0.1, 0.15) is 10.9 Å². The standard InChI is InChI=1S/C22H31ClN4O3.C7H5F3/c1-4-6-20(26-11-9-22(23,30)10-12-26)27-18(14-19(28)25-21(27)29)24-17-8-7-15(3)16(5-2)13-17;8-7(9,10)6-4-2-1-3-5-6/h7-8,13-14,20,24,30H,4-6,9-12H2,1-3H3,(H,25,28,29);1-5H. The van der Waals surface area contributed by atoms with Gasteiger partial charge in [0, 0.05) is 37.7 Å². The first-order valence-corrected chi connectivity index (χ1v) is 13.7. The maximum absolute atomic E-state index is 12.9. The van der Waals surface area contributed by atoms with Crippen molar-refractivity contribution in [3.8, 4) is 0 Å². The first-order chi connectivity index (χ1) is 18.8. The van der Waals surface area contributed by atoms with Crippen molar-refractivity contribution in [1.29, 1.82) is 0 Å². The van der Waals surface area contributed by atoms with E-state index in [9.17, 15) is 27.9 Å². The van der Waals surface area contributed by atoms with Crippen molar-refractivity contribution in [2.75, 3.05) is 18.4 Å². The molecule has 1 aliphatic heterocycles. The molecule has 40 heavy (non-hydrogen) atoms. The highest BCUT2D eigenvalue weighted by Gasteiger charge is 2.34. The summed E-state index contributed by atoms with van der Waals surface area (Å²) in [5.41, 5.74) is 1.76. The summed E-state index contributed by atoms with van der Waals surface area (Å²) >= 11 is 6.10. The summed E-state index contributed by atoms with van der Waals surface area (Å²) < 4.78 is 37.0. The first-order valence-electron chi connectivity index (χ1n) is 13.3. The van der Waals surface area contributed by atoms with Gasteiger partial charge in [0.05, 0.1) is 11.7 Å². The van der Waals surface area contributed by atoms with Crippen LogP contribution in [0.5, 0.6) is 0 Å². The third-order valence-electron chi connectivity index (χ3n) is 6.91. The summed E-state index contributed by atoms with van der Waals surface area (Å²) in [7, 11) is 0. The van der Waals surface area contributed by atoms with Crippen LogP contribution in [-0.4, -0.2) is 37.7 Å². The fourth-order valence-electron chi connectivity index (χ4n) is 4.70. The molecule has 3 N–H and O–H groups in total. The number of nitrogens with one attached hydrogen (secondary N) is 2. The Morgan fingerprint density at radius 3 is 2.27 bits per heavy atom. The van der Waals surface area contributed by atoms with Crippen LogP contribution in [0.3, 0.4) is 0 Å². The van der Waals surface area contributed by atoms with Crippen molar-refractivity contribution in [2.24, 2.45) is 0 Å². The number of aryl methyl sites for hydroxylation is 2. The van der Waals surface area contributed by atoms with Crippen molar-refractivity contribution in [1.82, 2.24) is 14.5 Å². The average Bonchev–Trinajstić information content (AvgIpc) is 2.89. The molecule has 1 fully saturated rings. The van der Waals surface area contributed by atoms with E-state index >= 15 is 0 Å². The number of nitrogens with zero attached hydrogens (tertiary/aromatic N) is 2. The highest BCUT2D eigenvalue weighted by atomic mass is 35.5. The highest BCUT2D eigenvalue weighted by molar-refractivity contribution is 6.22. The molecule has 3 aromatic rings. The van der Waals surface area contributed by atoms with E-state index < -0.39 is 28.0 Å². The molecule has 0 saturated carbocycles. The van der Waals surface area contributed by atoms with Gasteiger partial charge in [0.2, 0.25) is 0 Å². The third kappa shape index (κ3) is 8.46. The van der Waals surface area contributed by atoms with Crippen LogP contribution in [0.25, 0.3) is 0 Å². The largest absolute Gasteiger partial charge is 0.416 e. The van der Waals surface area contributed by atoms with Gasteiger partial charge in [-0.25, -0.2) is 4.79 Å². The summed E-state index contributed by atoms with van der Waals surface area (Å²) in [6, 6.07) is 13.8. The molecule has 0 spiro atoms. The van der Waals surface area contributed by atoms with Gasteiger partial charge in [-0.1, -0.05) is 68.3 Å². The summed E-state index contributed by atoms with van der Waals surface area (Å²) in [6.45, 7) is 7.37. The molecule has 4 rings (SSSR count). The van der Waals surface area contributed by atoms with Crippen LogP contribution in [-0.2, 0) is 12.6 Å². The predicted octanol–water partition coefficient (Wildman–Crippen LogP) is 6.18. The zero-order chi connectivity index (χ0) is 29.5. The topological polar surface area (TPSA) is 90.4 Å². The number of likely N-dealkylation sites (tertiary alicyclic amines) is 1. The number of alkyl halides is 4. The van der Waals surface area contributed by atoms with Gasteiger partial charge in [-0.3, -0.25) is 19.2 Å². The molecule has 2 aromatic carbocycles. The Bertz CT molecular complexity index is 1360. The molecule has 1 aliphatic rings. The number of benzene rings is 2. The van der Waals surface area contributed by atoms with Crippen LogP contribution in [0.1, 0.15) is 62.4 Å². The van der Waals surface area contributed by atoms with Crippen molar-refractivity contribution in [3.05, 3.63) is 92.1 Å². The quantitative estimate of drug-likeness (QED) is 0.290. The van der Waals surface area contributed by atoms with E-state index in [0.717, 1.165) is 37.1 Å². The number of aliphatic hydroxyl groups is 1. The number of piperidine rings is 1. The van der Waals surface area contributed by atoms with Crippen LogP contribution in [0, 0.1) is 6.92 Å². The number of aromatic amines is 1. The summed E-state index contributed by atoms with van der Waals surface area (Å²) in [5, 5.41) is 12.2. The Morgan fingerprint density at radius 2 is 1.73 bits per heavy atom. The SMILES string of the molecule is CCCC(N1CCC(O)(Cl)CC1)n1c(Nc2ccc(C)c(CC)c2)cc(=O)[nH]c1=O.FC(F)(F)c1ccccc1. The summed E-state index contributed by atoms with van der Waals surface area (Å²) in [4.78, 5) is 29.5. The number of halogens is 4. The Hall–Kier alpha value is -3.08. The molecule has 11 heteroatoms. The Labute approximate surface area is 236 Å². The number of hydrogen-bond donors (Lipinski definition) is 3. The lowest BCUT2D eigenvalue weighted by atomic mass is 10.1. The zero-order valence-electron chi connectivity index (χ0n) is 22.9. The van der Waals surface area contributed by atoms with Gasteiger partial charge in [-0.15, -0.1) is 0 Å². The second-order valence-electron chi connectivity index (χ2n) is 9.90. The van der Waals surface area contributed by atoms with Gasteiger partial charge in [0.25, 0.3) is 5.56 Å². The van der Waals surface area contributed by atoms with E-state index in [2.05, 4.69) is 42.0 Å². The van der Waals surface area contributed by atoms with Crippen LogP contribution in [0.2, 0.25) is 0 Å². The van der Waals surface area contributed by atoms with E-state index in [1.807, 2.05) is 12.1 Å². The lowest BCUT2D eigenvalue weighted by Crippen LogP contribution is -2.47. The molecule has 1 aromatic heterocycles. The molecular weight excluding hydrogens is 545 g/mol. The molecule has 0 aliphatic carbocycles. The minimum atomic E-state index is -4.21. The summed E-state index contributed by atoms with van der Waals surface area (Å²) in [6.07, 6.45) is -1.11. The van der Waals surface area contributed by atoms with Crippen molar-refractivity contribution in [2.45, 2.75) is 70.3 Å². The first kappa shape index (κ1) is 31.4. The van der Waals surface area contributed by atoms with Gasteiger partial charge < -0.3 is 10.4 Å². The Morgan fingerprint density at radius 1 is 1.07 bits per heavy atom. The lowest BCUT2D eigenvalue weighted by Gasteiger charge is -2.40. The minimum Gasteiger partial charge on any atom is -0.375 e. The van der Waals surface area contributed by atoms with Crippen LogP contribution in [0.4, 0.5) is 24.7 Å². The van der Waals surface area contributed by atoms with Crippen molar-refractivity contribution < 1.29 is 18.3 Å². The number of aromatic nitrogens is 2. The molecule has 1 saturated heterocycles. The molecule has 2 heterocycles. The van der Waals surface area contributed by atoms with Crippen LogP contribution >= 0.6 is 11.6 Å². The predicted molar refractivity (Wildman–Crippen MR) is 152 cm³/mol. The van der Waals surface area contributed by atoms with Crippen molar-refractivity contribution >= 4 is 23.1 Å².